The van der Waals surface area contributed by atoms with Crippen molar-refractivity contribution < 1.29 is 22.8 Å². The first-order valence-electron chi connectivity index (χ1n) is 6.01. The number of anilines is 1. The van der Waals surface area contributed by atoms with Gasteiger partial charge in [0.1, 0.15) is 5.82 Å². The number of alkyl halides is 2. The Balaban J connectivity index is 2.29. The molecule has 1 unspecified atom stereocenters. The summed E-state index contributed by atoms with van der Waals surface area (Å²) < 4.78 is 37.8. The van der Waals surface area contributed by atoms with Gasteiger partial charge in [-0.05, 0) is 17.7 Å². The highest BCUT2D eigenvalue weighted by Crippen LogP contribution is 2.33. The number of nitrogens with zero attached hydrogens (tertiary/aromatic N) is 1. The van der Waals surface area contributed by atoms with Gasteiger partial charge in [-0.3, -0.25) is 9.59 Å². The van der Waals surface area contributed by atoms with Crippen LogP contribution in [0.5, 0.6) is 0 Å². The molecule has 4 nitrogen and oxygen atoms in total. The molecule has 0 saturated carbocycles. The number of rotatable bonds is 3. The van der Waals surface area contributed by atoms with Gasteiger partial charge < -0.3 is 10.2 Å². The SMILES string of the molecule is CN(CC(F)F)C(=O)C1CC(=O)Nc2cc(F)ccc21. The van der Waals surface area contributed by atoms with Gasteiger partial charge in [0.25, 0.3) is 6.43 Å². The Bertz CT molecular complexity index is 548. The van der Waals surface area contributed by atoms with Crippen molar-refractivity contribution >= 4 is 17.5 Å². The zero-order valence-electron chi connectivity index (χ0n) is 10.7. The van der Waals surface area contributed by atoms with Crippen LogP contribution in [0.15, 0.2) is 18.2 Å². The molecule has 1 aliphatic rings. The van der Waals surface area contributed by atoms with Gasteiger partial charge in [-0.1, -0.05) is 6.07 Å². The lowest BCUT2D eigenvalue weighted by Gasteiger charge is -2.28. The molecule has 0 spiro atoms. The number of hydrogen-bond acceptors (Lipinski definition) is 2. The smallest absolute Gasteiger partial charge is 0.255 e. The first-order valence-corrected chi connectivity index (χ1v) is 6.01. The van der Waals surface area contributed by atoms with Crippen LogP contribution in [0.2, 0.25) is 0 Å². The van der Waals surface area contributed by atoms with Gasteiger partial charge in [0.2, 0.25) is 11.8 Å². The standard InChI is InChI=1S/C13H13F3N2O2/c1-18(6-11(15)16)13(20)9-5-12(19)17-10-4-7(14)2-3-8(9)10/h2-4,9,11H,5-6H2,1H3,(H,17,19). The van der Waals surface area contributed by atoms with Crippen LogP contribution >= 0.6 is 0 Å². The Morgan fingerprint density at radius 2 is 2.20 bits per heavy atom. The number of carbonyl (C=O) groups is 2. The number of fused-ring (bicyclic) bond motifs is 1. The molecule has 1 aliphatic heterocycles. The van der Waals surface area contributed by atoms with Crippen molar-refractivity contribution in [1.29, 1.82) is 0 Å². The van der Waals surface area contributed by atoms with E-state index >= 15 is 0 Å². The third-order valence-electron chi connectivity index (χ3n) is 3.14. The van der Waals surface area contributed by atoms with Crippen LogP contribution < -0.4 is 5.32 Å². The molecule has 0 radical (unpaired) electrons. The molecule has 0 aromatic heterocycles. The monoisotopic (exact) mass is 286 g/mol. The Morgan fingerprint density at radius 3 is 2.85 bits per heavy atom. The number of hydrogen-bond donors (Lipinski definition) is 1. The average Bonchev–Trinajstić information content (AvgIpc) is 2.35. The lowest BCUT2D eigenvalue weighted by atomic mass is 9.89. The lowest BCUT2D eigenvalue weighted by Crippen LogP contribution is -2.38. The topological polar surface area (TPSA) is 49.4 Å². The predicted octanol–water partition coefficient (Wildman–Crippen LogP) is 1.97. The minimum atomic E-state index is -2.64. The minimum Gasteiger partial charge on any atom is -0.339 e. The Morgan fingerprint density at radius 1 is 1.50 bits per heavy atom. The lowest BCUT2D eigenvalue weighted by molar-refractivity contribution is -0.135. The zero-order valence-corrected chi connectivity index (χ0v) is 10.7. The molecule has 2 amide bonds. The van der Waals surface area contributed by atoms with Gasteiger partial charge in [-0.2, -0.15) is 0 Å². The summed E-state index contributed by atoms with van der Waals surface area (Å²) in [5, 5.41) is 2.47. The Labute approximate surface area is 113 Å². The summed E-state index contributed by atoms with van der Waals surface area (Å²) in [4.78, 5) is 24.6. The molecule has 1 heterocycles. The first kappa shape index (κ1) is 14.4. The summed E-state index contributed by atoms with van der Waals surface area (Å²) in [6, 6.07) is 3.67. The molecule has 108 valence electrons. The van der Waals surface area contributed by atoms with Crippen LogP contribution in [0.4, 0.5) is 18.9 Å². The van der Waals surface area contributed by atoms with Gasteiger partial charge in [0.05, 0.1) is 12.5 Å². The zero-order chi connectivity index (χ0) is 14.9. The molecule has 2 rings (SSSR count). The molecule has 1 aromatic carbocycles. The van der Waals surface area contributed by atoms with Crippen molar-refractivity contribution in [3.8, 4) is 0 Å². The van der Waals surface area contributed by atoms with E-state index in [1.165, 1.54) is 19.2 Å². The molecule has 1 aromatic rings. The summed E-state index contributed by atoms with van der Waals surface area (Å²) in [6.45, 7) is -0.701. The Kier molecular flexibility index (Phi) is 3.96. The fourth-order valence-corrected chi connectivity index (χ4v) is 2.22. The Hall–Kier alpha value is -2.05. The first-order chi connectivity index (χ1) is 9.38. The van der Waals surface area contributed by atoms with E-state index in [2.05, 4.69) is 5.32 Å². The van der Waals surface area contributed by atoms with Crippen LogP contribution in [0.25, 0.3) is 0 Å². The number of amides is 2. The second-order valence-electron chi connectivity index (χ2n) is 4.65. The van der Waals surface area contributed by atoms with Crippen molar-refractivity contribution in [1.82, 2.24) is 4.90 Å². The van der Waals surface area contributed by atoms with Crippen LogP contribution in [0.3, 0.4) is 0 Å². The van der Waals surface area contributed by atoms with E-state index < -0.39 is 36.5 Å². The highest BCUT2D eigenvalue weighted by atomic mass is 19.3. The molecule has 20 heavy (non-hydrogen) atoms. The van der Waals surface area contributed by atoms with E-state index in [4.69, 9.17) is 0 Å². The number of nitrogens with one attached hydrogen (secondary N) is 1. The number of likely N-dealkylation sites (N-methyl/N-ethyl adjacent to an activating group) is 1. The van der Waals surface area contributed by atoms with Gasteiger partial charge in [-0.25, -0.2) is 13.2 Å². The molecule has 1 atom stereocenters. The van der Waals surface area contributed by atoms with E-state index in [9.17, 15) is 22.8 Å². The van der Waals surface area contributed by atoms with Crippen LogP contribution in [0.1, 0.15) is 17.9 Å². The molecular formula is C13H13F3N2O2. The van der Waals surface area contributed by atoms with Gasteiger partial charge in [0, 0.05) is 19.2 Å². The largest absolute Gasteiger partial charge is 0.339 e. The maximum Gasteiger partial charge on any atom is 0.255 e. The molecular weight excluding hydrogens is 273 g/mol. The number of carbonyl (C=O) groups excluding carboxylic acids is 2. The van der Waals surface area contributed by atoms with E-state index in [0.29, 0.717) is 5.56 Å². The number of benzene rings is 1. The third kappa shape index (κ3) is 2.92. The fraction of sp³-hybridized carbons (Fsp3) is 0.385. The maximum absolute atomic E-state index is 13.1. The summed E-state index contributed by atoms with van der Waals surface area (Å²) in [7, 11) is 1.25. The molecule has 0 fully saturated rings. The van der Waals surface area contributed by atoms with Crippen molar-refractivity contribution in [2.75, 3.05) is 18.9 Å². The van der Waals surface area contributed by atoms with Crippen molar-refractivity contribution in [3.05, 3.63) is 29.6 Å². The van der Waals surface area contributed by atoms with Crippen LogP contribution in [0, 0.1) is 5.82 Å². The molecule has 7 heteroatoms. The quantitative estimate of drug-likeness (QED) is 0.923. The molecule has 0 bridgehead atoms. The van der Waals surface area contributed by atoms with Crippen LogP contribution in [-0.2, 0) is 9.59 Å². The fourth-order valence-electron chi connectivity index (χ4n) is 2.22. The highest BCUT2D eigenvalue weighted by Gasteiger charge is 2.33. The molecule has 0 saturated heterocycles. The predicted molar refractivity (Wildman–Crippen MR) is 66.0 cm³/mol. The summed E-state index contributed by atoms with van der Waals surface area (Å²) in [6.07, 6.45) is -2.78. The second kappa shape index (κ2) is 5.52. The third-order valence-corrected chi connectivity index (χ3v) is 3.14. The summed E-state index contributed by atoms with van der Waals surface area (Å²) in [5.74, 6) is -2.42. The van der Waals surface area contributed by atoms with Crippen LogP contribution in [-0.4, -0.2) is 36.7 Å². The maximum atomic E-state index is 13.1. The molecule has 0 aliphatic carbocycles. The number of halogens is 3. The van der Waals surface area contributed by atoms with E-state index in [1.807, 2.05) is 0 Å². The highest BCUT2D eigenvalue weighted by molar-refractivity contribution is 6.01. The van der Waals surface area contributed by atoms with Crippen molar-refractivity contribution in [2.24, 2.45) is 0 Å². The van der Waals surface area contributed by atoms with E-state index in [-0.39, 0.29) is 12.1 Å². The minimum absolute atomic E-state index is 0.134. The normalized spacial score (nSPS) is 17.6. The molecule has 1 N–H and O–H groups in total. The van der Waals surface area contributed by atoms with Crippen molar-refractivity contribution in [2.45, 2.75) is 18.8 Å². The summed E-state index contributed by atoms with van der Waals surface area (Å²) >= 11 is 0. The average molecular weight is 286 g/mol. The van der Waals surface area contributed by atoms with Crippen molar-refractivity contribution in [3.63, 3.8) is 0 Å². The second-order valence-corrected chi connectivity index (χ2v) is 4.65. The van der Waals surface area contributed by atoms with E-state index in [1.54, 1.807) is 0 Å². The summed E-state index contributed by atoms with van der Waals surface area (Å²) in [5.41, 5.74) is 0.655. The van der Waals surface area contributed by atoms with E-state index in [0.717, 1.165) is 11.0 Å². The van der Waals surface area contributed by atoms with Gasteiger partial charge >= 0.3 is 0 Å². The van der Waals surface area contributed by atoms with Gasteiger partial charge in [-0.15, -0.1) is 0 Å². The van der Waals surface area contributed by atoms with Gasteiger partial charge in [0.15, 0.2) is 0 Å².